The van der Waals surface area contributed by atoms with Gasteiger partial charge in [0.2, 0.25) is 0 Å². The molecule has 0 fully saturated rings. The lowest BCUT2D eigenvalue weighted by Gasteiger charge is -2.16. The van der Waals surface area contributed by atoms with Crippen LogP contribution < -0.4 is 0 Å². The molecule has 0 saturated heterocycles. The number of aromatic nitrogens is 2. The van der Waals surface area contributed by atoms with Crippen LogP contribution in [0.4, 0.5) is 0 Å². The van der Waals surface area contributed by atoms with Crippen molar-refractivity contribution in [1.82, 2.24) is 9.97 Å². The first-order chi connectivity index (χ1) is 21.8. The van der Waals surface area contributed by atoms with Crippen molar-refractivity contribution in [3.8, 4) is 51.1 Å². The normalized spacial score (nSPS) is 11.2. The van der Waals surface area contributed by atoms with Crippen molar-refractivity contribution >= 4 is 32.3 Å². The van der Waals surface area contributed by atoms with E-state index >= 15 is 0 Å². The van der Waals surface area contributed by atoms with Crippen LogP contribution in [0.25, 0.3) is 77.3 Å². The summed E-state index contributed by atoms with van der Waals surface area (Å²) in [5.41, 5.74) is 7.48. The molecule has 8 rings (SSSR count). The van der Waals surface area contributed by atoms with Crippen molar-refractivity contribution < 1.29 is 0 Å². The van der Waals surface area contributed by atoms with Gasteiger partial charge >= 0.3 is 0 Å². The number of hydrogen-bond donors (Lipinski definition) is 0. The maximum absolute atomic E-state index is 9.42. The van der Waals surface area contributed by atoms with Crippen molar-refractivity contribution in [2.24, 2.45) is 0 Å². The average Bonchev–Trinajstić information content (AvgIpc) is 3.10. The van der Waals surface area contributed by atoms with E-state index in [1.807, 2.05) is 30.3 Å². The highest BCUT2D eigenvalue weighted by atomic mass is 14.9. The van der Waals surface area contributed by atoms with Gasteiger partial charge in [-0.25, -0.2) is 9.97 Å². The fourth-order valence-corrected chi connectivity index (χ4v) is 6.20. The fourth-order valence-electron chi connectivity index (χ4n) is 6.20. The molecule has 44 heavy (non-hydrogen) atoms. The molecule has 7 aromatic carbocycles. The molecule has 1 heterocycles. The minimum absolute atomic E-state index is 0.615. The maximum Gasteiger partial charge on any atom is 0.161 e. The van der Waals surface area contributed by atoms with Gasteiger partial charge in [0.25, 0.3) is 0 Å². The summed E-state index contributed by atoms with van der Waals surface area (Å²) in [5, 5.41) is 16.4. The van der Waals surface area contributed by atoms with Crippen LogP contribution in [-0.4, -0.2) is 9.97 Å². The van der Waals surface area contributed by atoms with Gasteiger partial charge < -0.3 is 0 Å². The molecule has 0 aliphatic heterocycles. The highest BCUT2D eigenvalue weighted by molar-refractivity contribution is 6.19. The van der Waals surface area contributed by atoms with Crippen molar-refractivity contribution in [1.29, 1.82) is 5.26 Å². The number of nitriles is 1. The van der Waals surface area contributed by atoms with E-state index in [1.165, 1.54) is 16.2 Å². The lowest BCUT2D eigenvalue weighted by molar-refractivity contribution is 1.19. The molecule has 0 unspecified atom stereocenters. The molecule has 3 heteroatoms. The van der Waals surface area contributed by atoms with Gasteiger partial charge in [-0.05, 0) is 67.7 Å². The molecule has 204 valence electrons. The lowest BCUT2D eigenvalue weighted by atomic mass is 9.92. The van der Waals surface area contributed by atoms with E-state index < -0.39 is 0 Å². The zero-order chi connectivity index (χ0) is 29.5. The first-order valence-corrected chi connectivity index (χ1v) is 14.6. The first kappa shape index (κ1) is 25.6. The number of nitrogens with zero attached hydrogens (tertiary/aromatic N) is 3. The van der Waals surface area contributed by atoms with Gasteiger partial charge in [-0.3, -0.25) is 0 Å². The minimum Gasteiger partial charge on any atom is -0.228 e. The molecule has 0 spiro atoms. The van der Waals surface area contributed by atoms with Gasteiger partial charge in [0, 0.05) is 16.7 Å². The zero-order valence-corrected chi connectivity index (χ0v) is 23.8. The monoisotopic (exact) mass is 559 g/mol. The Morgan fingerprint density at radius 3 is 1.89 bits per heavy atom. The van der Waals surface area contributed by atoms with Crippen LogP contribution in [0.5, 0.6) is 0 Å². The molecule has 0 amide bonds. The Kier molecular flexibility index (Phi) is 6.18. The molecule has 1 aromatic heterocycles. The molecule has 0 radical (unpaired) electrons. The third-order valence-electron chi connectivity index (χ3n) is 8.32. The molecule has 0 bridgehead atoms. The van der Waals surface area contributed by atoms with Crippen molar-refractivity contribution in [3.63, 3.8) is 0 Å². The Hall–Kier alpha value is -6.11. The largest absolute Gasteiger partial charge is 0.228 e. The maximum atomic E-state index is 9.42. The number of benzene rings is 7. The topological polar surface area (TPSA) is 49.6 Å². The van der Waals surface area contributed by atoms with Crippen LogP contribution in [0.15, 0.2) is 152 Å². The molecule has 0 N–H and O–H groups in total. The molecule has 0 saturated carbocycles. The summed E-state index contributed by atoms with van der Waals surface area (Å²) < 4.78 is 0. The Bertz CT molecular complexity index is 2380. The van der Waals surface area contributed by atoms with Crippen LogP contribution in [-0.2, 0) is 0 Å². The summed E-state index contributed by atoms with van der Waals surface area (Å²) in [5.74, 6) is 0.668. The second-order valence-electron chi connectivity index (χ2n) is 10.9. The minimum atomic E-state index is 0.615. The summed E-state index contributed by atoms with van der Waals surface area (Å²) >= 11 is 0. The third kappa shape index (κ3) is 4.38. The van der Waals surface area contributed by atoms with Gasteiger partial charge in [0.1, 0.15) is 0 Å². The summed E-state index contributed by atoms with van der Waals surface area (Å²) in [6, 6.07) is 54.4. The smallest absolute Gasteiger partial charge is 0.161 e. The number of hydrogen-bond acceptors (Lipinski definition) is 3. The van der Waals surface area contributed by atoms with Gasteiger partial charge in [-0.1, -0.05) is 127 Å². The van der Waals surface area contributed by atoms with Crippen LogP contribution >= 0.6 is 0 Å². The van der Waals surface area contributed by atoms with Crippen LogP contribution in [0.3, 0.4) is 0 Å². The van der Waals surface area contributed by atoms with E-state index in [2.05, 4.69) is 127 Å². The van der Waals surface area contributed by atoms with Gasteiger partial charge in [-0.15, -0.1) is 0 Å². The van der Waals surface area contributed by atoms with E-state index in [1.54, 1.807) is 0 Å². The molecule has 0 aliphatic carbocycles. The molecular weight excluding hydrogens is 534 g/mol. The summed E-state index contributed by atoms with van der Waals surface area (Å²) in [7, 11) is 0. The molecule has 8 aromatic rings. The van der Waals surface area contributed by atoms with Crippen LogP contribution in [0.1, 0.15) is 5.56 Å². The van der Waals surface area contributed by atoms with E-state index in [9.17, 15) is 5.26 Å². The Labute approximate surface area is 255 Å². The zero-order valence-electron chi connectivity index (χ0n) is 23.8. The lowest BCUT2D eigenvalue weighted by Crippen LogP contribution is -1.98. The molecule has 0 atom stereocenters. The second-order valence-corrected chi connectivity index (χ2v) is 10.9. The number of rotatable bonds is 4. The third-order valence-corrected chi connectivity index (χ3v) is 8.32. The van der Waals surface area contributed by atoms with Gasteiger partial charge in [-0.2, -0.15) is 5.26 Å². The fraction of sp³-hybridized carbons (Fsp3) is 0. The van der Waals surface area contributed by atoms with Crippen molar-refractivity contribution in [2.45, 2.75) is 0 Å². The predicted molar refractivity (Wildman–Crippen MR) is 181 cm³/mol. The first-order valence-electron chi connectivity index (χ1n) is 14.6. The highest BCUT2D eigenvalue weighted by Gasteiger charge is 2.18. The quantitative estimate of drug-likeness (QED) is 0.159. The second kappa shape index (κ2) is 10.6. The van der Waals surface area contributed by atoms with Crippen molar-refractivity contribution in [3.05, 3.63) is 157 Å². The average molecular weight is 560 g/mol. The van der Waals surface area contributed by atoms with E-state index in [4.69, 9.17) is 9.97 Å². The standard InChI is InChI=1S/C41H25N3/c42-26-27-18-20-30(21-19-27)38-25-39(35-17-9-8-14-32(35)28-10-2-1-3-11-28)44-41(43-38)40-34-16-7-5-13-31(34)24-37-33-15-6-4-12-29(33)22-23-36(37)40/h1-25H. The van der Waals surface area contributed by atoms with E-state index in [0.717, 1.165) is 55.4 Å². The Balaban J connectivity index is 1.47. The van der Waals surface area contributed by atoms with Crippen LogP contribution in [0, 0.1) is 11.3 Å². The number of fused-ring (bicyclic) bond motifs is 4. The van der Waals surface area contributed by atoms with Gasteiger partial charge in [0.15, 0.2) is 5.82 Å². The summed E-state index contributed by atoms with van der Waals surface area (Å²) in [6.07, 6.45) is 0. The highest BCUT2D eigenvalue weighted by Crippen LogP contribution is 2.40. The molecular formula is C41H25N3. The predicted octanol–water partition coefficient (Wildman–Crippen LogP) is 10.5. The van der Waals surface area contributed by atoms with Crippen molar-refractivity contribution in [2.75, 3.05) is 0 Å². The van der Waals surface area contributed by atoms with E-state index in [-0.39, 0.29) is 0 Å². The van der Waals surface area contributed by atoms with Crippen LogP contribution in [0.2, 0.25) is 0 Å². The Morgan fingerprint density at radius 1 is 0.432 bits per heavy atom. The van der Waals surface area contributed by atoms with E-state index in [0.29, 0.717) is 11.4 Å². The molecule has 3 nitrogen and oxygen atoms in total. The van der Waals surface area contributed by atoms with Gasteiger partial charge in [0.05, 0.1) is 23.0 Å². The molecule has 0 aliphatic rings. The Morgan fingerprint density at radius 2 is 1.09 bits per heavy atom. The summed E-state index contributed by atoms with van der Waals surface area (Å²) in [6.45, 7) is 0. The SMILES string of the molecule is N#Cc1ccc(-c2cc(-c3ccccc3-c3ccccc3)nc(-c3c4ccccc4cc4c3ccc3ccccc34)n2)cc1. The summed E-state index contributed by atoms with van der Waals surface area (Å²) in [4.78, 5) is 10.6.